The molecular weight excluding hydrogens is 523 g/mol. The number of aryl methyl sites for hydroxylation is 1. The van der Waals surface area contributed by atoms with Gasteiger partial charge in [-0.1, -0.05) is 18.2 Å². The number of aromatic carboxylic acids is 1. The molecule has 2 aliphatic rings. The molecule has 0 saturated carbocycles. The first kappa shape index (κ1) is 28.5. The average molecular weight is 559 g/mol. The number of rotatable bonds is 11. The molecule has 1 unspecified atom stereocenters. The first-order valence-electron chi connectivity index (χ1n) is 14.1. The number of carboxylic acid groups (broad SMARTS) is 1. The zero-order chi connectivity index (χ0) is 28.8. The Morgan fingerprint density at radius 3 is 2.59 bits per heavy atom. The molecule has 214 valence electrons. The van der Waals surface area contributed by atoms with E-state index in [2.05, 4.69) is 20.9 Å². The minimum atomic E-state index is -0.926. The first-order chi connectivity index (χ1) is 19.9. The van der Waals surface area contributed by atoms with Crippen molar-refractivity contribution in [2.45, 2.75) is 44.8 Å². The Kier molecular flexibility index (Phi) is 9.12. The smallest absolute Gasteiger partial charge is 0.335 e. The molecule has 1 atom stereocenters. The monoisotopic (exact) mass is 558 g/mol. The zero-order valence-corrected chi connectivity index (χ0v) is 23.3. The van der Waals surface area contributed by atoms with E-state index in [1.54, 1.807) is 42.5 Å². The number of carbonyl (C=O) groups is 1. The van der Waals surface area contributed by atoms with E-state index < -0.39 is 11.8 Å². The van der Waals surface area contributed by atoms with E-state index in [-0.39, 0.29) is 30.1 Å². The van der Waals surface area contributed by atoms with Crippen LogP contribution in [0.3, 0.4) is 0 Å². The van der Waals surface area contributed by atoms with Gasteiger partial charge in [-0.3, -0.25) is 0 Å². The summed E-state index contributed by atoms with van der Waals surface area (Å²) in [6, 6.07) is 17.6. The maximum atomic E-state index is 14.5. The quantitative estimate of drug-likeness (QED) is 0.345. The summed E-state index contributed by atoms with van der Waals surface area (Å²) >= 11 is 0. The molecule has 5 rings (SSSR count). The van der Waals surface area contributed by atoms with Crippen molar-refractivity contribution >= 4 is 11.7 Å². The number of halogens is 1. The number of hydrogen-bond donors (Lipinski definition) is 1. The second kappa shape index (κ2) is 13.1. The van der Waals surface area contributed by atoms with E-state index >= 15 is 0 Å². The predicted molar refractivity (Wildman–Crippen MR) is 153 cm³/mol. The number of likely N-dealkylation sites (tertiary alicyclic amines) is 1. The molecule has 3 aromatic rings. The number of hydrogen-bond acceptors (Lipinski definition) is 7. The van der Waals surface area contributed by atoms with Gasteiger partial charge in [0.25, 0.3) is 5.88 Å². The fourth-order valence-corrected chi connectivity index (χ4v) is 5.38. The third-order valence-electron chi connectivity index (χ3n) is 8.00. The summed E-state index contributed by atoms with van der Waals surface area (Å²) in [5.41, 5.74) is 4.52. The van der Waals surface area contributed by atoms with Gasteiger partial charge in [0, 0.05) is 43.5 Å². The number of anilines is 1. The fourth-order valence-electron chi connectivity index (χ4n) is 5.38. The number of benzene rings is 2. The lowest BCUT2D eigenvalue weighted by Gasteiger charge is -2.37. The van der Waals surface area contributed by atoms with Crippen LogP contribution in [0.1, 0.15) is 57.9 Å². The topological polar surface area (TPSA) is 98.9 Å². The highest BCUT2D eigenvalue weighted by molar-refractivity contribution is 5.89. The van der Waals surface area contributed by atoms with E-state index in [0.717, 1.165) is 81.1 Å². The number of ether oxygens (including phenoxy) is 2. The third kappa shape index (κ3) is 7.20. The predicted octanol–water partition coefficient (Wildman–Crippen LogP) is 5.15. The molecule has 41 heavy (non-hydrogen) atoms. The largest absolute Gasteiger partial charge is 0.478 e. The molecule has 0 radical (unpaired) electrons. The summed E-state index contributed by atoms with van der Waals surface area (Å²) in [5, 5.41) is 18.5. The van der Waals surface area contributed by atoms with Gasteiger partial charge in [-0.25, -0.2) is 14.2 Å². The molecule has 8 nitrogen and oxygen atoms in total. The lowest BCUT2D eigenvalue weighted by atomic mass is 9.93. The van der Waals surface area contributed by atoms with Crippen molar-refractivity contribution in [2.24, 2.45) is 0 Å². The number of nitrogens with zero attached hydrogens (tertiary/aromatic N) is 4. The fraction of sp³-hybridized carbons (Fsp3) is 0.406. The molecular formula is C32H35FN4O4. The van der Waals surface area contributed by atoms with Crippen LogP contribution in [-0.4, -0.2) is 66.4 Å². The SMILES string of the molecule is Cc1ccc(C(=O)O)cc1N(CCN1CCC(c2ccc(F)c(OCc3ccc(C#N)cc3)n2)CC1)CC1CCO1. The van der Waals surface area contributed by atoms with Crippen LogP contribution < -0.4 is 9.64 Å². The van der Waals surface area contributed by atoms with E-state index in [9.17, 15) is 14.3 Å². The van der Waals surface area contributed by atoms with Gasteiger partial charge in [0.2, 0.25) is 0 Å². The summed E-state index contributed by atoms with van der Waals surface area (Å²) in [4.78, 5) is 20.8. The second-order valence-corrected chi connectivity index (χ2v) is 10.8. The minimum absolute atomic E-state index is 0.00195. The molecule has 9 heteroatoms. The molecule has 0 aliphatic carbocycles. The van der Waals surface area contributed by atoms with Crippen LogP contribution in [-0.2, 0) is 11.3 Å². The molecule has 0 bridgehead atoms. The molecule has 2 fully saturated rings. The molecule has 2 aliphatic heterocycles. The van der Waals surface area contributed by atoms with E-state index in [0.29, 0.717) is 5.56 Å². The Morgan fingerprint density at radius 1 is 1.17 bits per heavy atom. The minimum Gasteiger partial charge on any atom is -0.478 e. The lowest BCUT2D eigenvalue weighted by Crippen LogP contribution is -2.45. The Labute approximate surface area is 239 Å². The number of pyridine rings is 1. The normalized spacial score (nSPS) is 17.4. The van der Waals surface area contributed by atoms with E-state index in [4.69, 9.17) is 14.7 Å². The lowest BCUT2D eigenvalue weighted by molar-refractivity contribution is -0.0446. The van der Waals surface area contributed by atoms with Crippen LogP contribution in [0.25, 0.3) is 0 Å². The molecule has 0 amide bonds. The summed E-state index contributed by atoms with van der Waals surface area (Å²) in [6.45, 7) is 7.13. The number of nitriles is 1. The second-order valence-electron chi connectivity index (χ2n) is 10.8. The summed E-state index contributed by atoms with van der Waals surface area (Å²) in [5.74, 6) is -1.19. The highest BCUT2D eigenvalue weighted by Crippen LogP contribution is 2.30. The van der Waals surface area contributed by atoms with Gasteiger partial charge in [-0.15, -0.1) is 0 Å². The molecule has 0 spiro atoms. The maximum absolute atomic E-state index is 14.5. The summed E-state index contributed by atoms with van der Waals surface area (Å²) in [7, 11) is 0. The van der Waals surface area contributed by atoms with Crippen molar-refractivity contribution < 1.29 is 23.8 Å². The van der Waals surface area contributed by atoms with Crippen molar-refractivity contribution in [2.75, 3.05) is 44.2 Å². The first-order valence-corrected chi connectivity index (χ1v) is 14.1. The molecule has 1 aromatic heterocycles. The van der Waals surface area contributed by atoms with Crippen molar-refractivity contribution in [3.63, 3.8) is 0 Å². The molecule has 2 aromatic carbocycles. The summed E-state index contributed by atoms with van der Waals surface area (Å²) < 4.78 is 25.9. The van der Waals surface area contributed by atoms with Crippen molar-refractivity contribution in [3.8, 4) is 11.9 Å². The Morgan fingerprint density at radius 2 is 1.93 bits per heavy atom. The highest BCUT2D eigenvalue weighted by atomic mass is 19.1. The zero-order valence-electron chi connectivity index (χ0n) is 23.3. The van der Waals surface area contributed by atoms with Crippen molar-refractivity contribution in [3.05, 3.63) is 88.4 Å². The Bertz CT molecular complexity index is 1400. The molecule has 3 heterocycles. The maximum Gasteiger partial charge on any atom is 0.335 e. The van der Waals surface area contributed by atoms with Crippen LogP contribution >= 0.6 is 0 Å². The van der Waals surface area contributed by atoms with Gasteiger partial charge in [0.05, 0.1) is 23.3 Å². The van der Waals surface area contributed by atoms with Gasteiger partial charge >= 0.3 is 5.97 Å². The van der Waals surface area contributed by atoms with Gasteiger partial charge in [-0.2, -0.15) is 5.26 Å². The standard InChI is InChI=1S/C32H35FN4O4/c1-22-2-7-26(32(38)39)18-30(22)37(20-27-12-17-40-27)16-15-36-13-10-25(11-14-36)29-9-8-28(33)31(35-29)41-21-24-5-3-23(19-34)4-6-24/h2-9,18,25,27H,10-17,20-21H2,1H3,(H,38,39). The Hall–Kier alpha value is -4.00. The third-order valence-corrected chi connectivity index (χ3v) is 8.00. The van der Waals surface area contributed by atoms with Crippen LogP contribution in [0.4, 0.5) is 10.1 Å². The summed E-state index contributed by atoms with van der Waals surface area (Å²) in [6.07, 6.45) is 3.01. The van der Waals surface area contributed by atoms with Gasteiger partial charge in [0.1, 0.15) is 6.61 Å². The molecule has 1 N–H and O–H groups in total. The Balaban J connectivity index is 1.17. The highest BCUT2D eigenvalue weighted by Gasteiger charge is 2.26. The van der Waals surface area contributed by atoms with Crippen molar-refractivity contribution in [1.29, 1.82) is 5.26 Å². The van der Waals surface area contributed by atoms with Gasteiger partial charge < -0.3 is 24.4 Å². The van der Waals surface area contributed by atoms with Crippen LogP contribution in [0, 0.1) is 24.1 Å². The number of piperidine rings is 1. The van der Waals surface area contributed by atoms with E-state index in [1.165, 1.54) is 6.07 Å². The van der Waals surface area contributed by atoms with Gasteiger partial charge in [0.15, 0.2) is 5.82 Å². The van der Waals surface area contributed by atoms with Crippen LogP contribution in [0.2, 0.25) is 0 Å². The van der Waals surface area contributed by atoms with Crippen molar-refractivity contribution in [1.82, 2.24) is 9.88 Å². The van der Waals surface area contributed by atoms with Crippen LogP contribution in [0.5, 0.6) is 5.88 Å². The number of carboxylic acids is 1. The van der Waals surface area contributed by atoms with Gasteiger partial charge in [-0.05, 0) is 86.8 Å². The molecule has 2 saturated heterocycles. The van der Waals surface area contributed by atoms with Crippen LogP contribution in [0.15, 0.2) is 54.6 Å². The average Bonchev–Trinajstić information content (AvgIpc) is 2.97. The number of aromatic nitrogens is 1. The van der Waals surface area contributed by atoms with E-state index in [1.807, 2.05) is 13.0 Å².